The molecule has 0 aromatic heterocycles. The summed E-state index contributed by atoms with van der Waals surface area (Å²) < 4.78 is 26.1. The number of ether oxygens (including phenoxy) is 2. The van der Waals surface area contributed by atoms with Gasteiger partial charge >= 0.3 is 19.8 Å². The number of carbonyl (C=O) groups is 3. The average molecular weight is 636 g/mol. The van der Waals surface area contributed by atoms with Crippen molar-refractivity contribution >= 4 is 25.7 Å². The first-order valence-electron chi connectivity index (χ1n) is 16.9. The largest absolute Gasteiger partial charge is 0.469 e. The minimum Gasteiger partial charge on any atom is -0.462 e. The van der Waals surface area contributed by atoms with Gasteiger partial charge < -0.3 is 24.6 Å². The van der Waals surface area contributed by atoms with Crippen LogP contribution >= 0.6 is 7.82 Å². The summed E-state index contributed by atoms with van der Waals surface area (Å²) in [4.78, 5) is 53.3. The van der Waals surface area contributed by atoms with Gasteiger partial charge in [0.15, 0.2) is 6.10 Å². The Bertz CT molecular complexity index is 744. The highest BCUT2D eigenvalue weighted by molar-refractivity contribution is 7.46. The Morgan fingerprint density at radius 2 is 1.05 bits per heavy atom. The quantitative estimate of drug-likeness (QED) is 0.0396. The molecule has 43 heavy (non-hydrogen) atoms. The Morgan fingerprint density at radius 1 is 0.628 bits per heavy atom. The number of unbranched alkanes of at least 4 members (excludes halogenated alkanes) is 19. The van der Waals surface area contributed by atoms with Crippen molar-refractivity contribution in [3.8, 4) is 0 Å². The molecule has 1 amide bonds. The van der Waals surface area contributed by atoms with Crippen molar-refractivity contribution in [2.45, 2.75) is 168 Å². The third-order valence-corrected chi connectivity index (χ3v) is 7.81. The molecule has 0 aromatic carbocycles. The summed E-state index contributed by atoms with van der Waals surface area (Å²) in [5.74, 6) is -0.883. The fourth-order valence-corrected chi connectivity index (χ4v) is 5.17. The molecule has 0 radical (unpaired) electrons. The van der Waals surface area contributed by atoms with Gasteiger partial charge in [0, 0.05) is 26.3 Å². The zero-order valence-electron chi connectivity index (χ0n) is 27.2. The van der Waals surface area contributed by atoms with E-state index in [9.17, 15) is 18.9 Å². The van der Waals surface area contributed by atoms with Gasteiger partial charge in [-0.15, -0.1) is 0 Å². The van der Waals surface area contributed by atoms with Crippen LogP contribution < -0.4 is 5.32 Å². The highest BCUT2D eigenvalue weighted by Gasteiger charge is 2.22. The lowest BCUT2D eigenvalue weighted by Gasteiger charge is -2.18. The molecule has 0 unspecified atom stereocenters. The number of esters is 2. The Morgan fingerprint density at radius 3 is 1.49 bits per heavy atom. The van der Waals surface area contributed by atoms with E-state index < -0.39 is 32.5 Å². The molecule has 0 aliphatic carbocycles. The number of hydrogen-bond acceptors (Lipinski definition) is 7. The summed E-state index contributed by atoms with van der Waals surface area (Å²) in [6.07, 6.45) is 22.9. The topological polar surface area (TPSA) is 148 Å². The van der Waals surface area contributed by atoms with Gasteiger partial charge in [-0.3, -0.25) is 18.9 Å². The second-order valence-corrected chi connectivity index (χ2v) is 12.9. The first-order valence-corrected chi connectivity index (χ1v) is 18.5. The number of nitrogens with one attached hydrogen (secondary N) is 1. The van der Waals surface area contributed by atoms with E-state index in [2.05, 4.69) is 16.8 Å². The van der Waals surface area contributed by atoms with E-state index in [0.717, 1.165) is 57.9 Å². The minimum atomic E-state index is -4.75. The Kier molecular flexibility index (Phi) is 28.2. The van der Waals surface area contributed by atoms with E-state index >= 15 is 0 Å². The van der Waals surface area contributed by atoms with E-state index in [1.54, 1.807) is 6.92 Å². The molecular formula is C32H62NO9P. The van der Waals surface area contributed by atoms with Crippen molar-refractivity contribution in [3.05, 3.63) is 0 Å². The van der Waals surface area contributed by atoms with Crippen molar-refractivity contribution in [2.24, 2.45) is 0 Å². The maximum absolute atomic E-state index is 12.3. The van der Waals surface area contributed by atoms with Gasteiger partial charge in [-0.2, -0.15) is 0 Å². The van der Waals surface area contributed by atoms with Crippen molar-refractivity contribution in [1.29, 1.82) is 0 Å². The van der Waals surface area contributed by atoms with Gasteiger partial charge in [0.1, 0.15) is 6.61 Å². The highest BCUT2D eigenvalue weighted by Crippen LogP contribution is 2.36. The molecule has 10 nitrogen and oxygen atoms in total. The standard InChI is InChI=1S/C32H62NO9P/c1-3-4-5-6-7-8-12-16-19-22-25-32(36)42-30(28-41-43(37,38)39)27-40-31(35)24-21-18-15-13-10-9-11-14-17-20-23-26-33-29(2)34/h30H,3-28H2,1-2H3,(H,33,34)(H2,37,38,39)/t30-/m1/s1. The third kappa shape index (κ3) is 33.3. The van der Waals surface area contributed by atoms with Gasteiger partial charge in [-0.25, -0.2) is 4.57 Å². The zero-order valence-corrected chi connectivity index (χ0v) is 28.1. The van der Waals surface area contributed by atoms with Crippen LogP contribution in [0.15, 0.2) is 0 Å². The van der Waals surface area contributed by atoms with Crippen LogP contribution in [-0.2, 0) is 32.9 Å². The fourth-order valence-electron chi connectivity index (χ4n) is 4.81. The summed E-state index contributed by atoms with van der Waals surface area (Å²) in [6, 6.07) is 0. The smallest absolute Gasteiger partial charge is 0.462 e. The molecular weight excluding hydrogens is 573 g/mol. The summed E-state index contributed by atoms with van der Waals surface area (Å²) >= 11 is 0. The van der Waals surface area contributed by atoms with E-state index in [-0.39, 0.29) is 25.4 Å². The summed E-state index contributed by atoms with van der Waals surface area (Å²) in [7, 11) is -4.75. The lowest BCUT2D eigenvalue weighted by Crippen LogP contribution is -2.29. The van der Waals surface area contributed by atoms with Crippen molar-refractivity contribution in [1.82, 2.24) is 5.32 Å². The molecule has 0 saturated carbocycles. The predicted octanol–water partition coefficient (Wildman–Crippen LogP) is 7.68. The van der Waals surface area contributed by atoms with E-state index in [0.29, 0.717) is 12.8 Å². The SMILES string of the molecule is CCCCCCCCCCCCC(=O)O[C@H](COC(=O)CCCCCCCCCCCCCNC(C)=O)COP(=O)(O)O. The summed E-state index contributed by atoms with van der Waals surface area (Å²) in [5.41, 5.74) is 0. The maximum Gasteiger partial charge on any atom is 0.469 e. The van der Waals surface area contributed by atoms with Gasteiger partial charge in [0.05, 0.1) is 6.61 Å². The summed E-state index contributed by atoms with van der Waals surface area (Å²) in [5, 5.41) is 2.82. The number of phosphoric acid groups is 1. The second-order valence-electron chi connectivity index (χ2n) is 11.6. The van der Waals surface area contributed by atoms with Crippen LogP contribution in [0.4, 0.5) is 0 Å². The van der Waals surface area contributed by atoms with Gasteiger partial charge in [0.2, 0.25) is 5.91 Å². The highest BCUT2D eigenvalue weighted by atomic mass is 31.2. The van der Waals surface area contributed by atoms with Crippen LogP contribution in [0, 0.1) is 0 Å². The van der Waals surface area contributed by atoms with Gasteiger partial charge in [-0.1, -0.05) is 122 Å². The Hall–Kier alpha value is -1.48. The number of rotatable bonds is 31. The third-order valence-electron chi connectivity index (χ3n) is 7.32. The van der Waals surface area contributed by atoms with Crippen LogP contribution in [0.5, 0.6) is 0 Å². The molecule has 11 heteroatoms. The Labute approximate surface area is 261 Å². The van der Waals surface area contributed by atoms with Crippen LogP contribution in [-0.4, -0.2) is 53.5 Å². The molecule has 0 rings (SSSR count). The predicted molar refractivity (Wildman–Crippen MR) is 169 cm³/mol. The Balaban J connectivity index is 3.94. The maximum atomic E-state index is 12.3. The molecule has 0 heterocycles. The molecule has 0 aliphatic heterocycles. The molecule has 0 aliphatic rings. The van der Waals surface area contributed by atoms with Gasteiger partial charge in [-0.05, 0) is 19.3 Å². The molecule has 254 valence electrons. The van der Waals surface area contributed by atoms with Crippen LogP contribution in [0.1, 0.15) is 162 Å². The molecule has 3 N–H and O–H groups in total. The second kappa shape index (κ2) is 29.2. The fraction of sp³-hybridized carbons (Fsp3) is 0.906. The van der Waals surface area contributed by atoms with Crippen molar-refractivity contribution in [3.63, 3.8) is 0 Å². The minimum absolute atomic E-state index is 0.0317. The lowest BCUT2D eigenvalue weighted by atomic mass is 10.1. The number of phosphoric ester groups is 1. The first kappa shape index (κ1) is 41.5. The number of hydrogen-bond donors (Lipinski definition) is 3. The molecule has 1 atom stereocenters. The number of amides is 1. The van der Waals surface area contributed by atoms with Crippen LogP contribution in [0.3, 0.4) is 0 Å². The zero-order chi connectivity index (χ0) is 32.0. The first-order chi connectivity index (χ1) is 20.6. The van der Waals surface area contributed by atoms with Crippen molar-refractivity contribution < 1.29 is 42.7 Å². The molecule has 0 aromatic rings. The van der Waals surface area contributed by atoms with E-state index in [1.807, 2.05) is 0 Å². The summed E-state index contributed by atoms with van der Waals surface area (Å²) in [6.45, 7) is 3.68. The van der Waals surface area contributed by atoms with E-state index in [4.69, 9.17) is 19.3 Å². The number of carbonyl (C=O) groups excluding carboxylic acids is 3. The lowest BCUT2D eigenvalue weighted by molar-refractivity contribution is -0.161. The normalized spacial score (nSPS) is 12.2. The average Bonchev–Trinajstić information content (AvgIpc) is 2.95. The van der Waals surface area contributed by atoms with Crippen molar-refractivity contribution in [2.75, 3.05) is 19.8 Å². The van der Waals surface area contributed by atoms with E-state index in [1.165, 1.54) is 70.6 Å². The monoisotopic (exact) mass is 635 g/mol. The van der Waals surface area contributed by atoms with Crippen LogP contribution in [0.25, 0.3) is 0 Å². The molecule has 0 fully saturated rings. The molecule has 0 saturated heterocycles. The molecule has 0 spiro atoms. The van der Waals surface area contributed by atoms with Gasteiger partial charge in [0.25, 0.3) is 0 Å². The molecule has 0 bridgehead atoms. The van der Waals surface area contributed by atoms with Crippen LogP contribution in [0.2, 0.25) is 0 Å².